The van der Waals surface area contributed by atoms with Crippen molar-refractivity contribution < 1.29 is 4.74 Å². The van der Waals surface area contributed by atoms with E-state index in [1.807, 2.05) is 25.2 Å². The van der Waals surface area contributed by atoms with Gasteiger partial charge in [0.25, 0.3) is 0 Å². The summed E-state index contributed by atoms with van der Waals surface area (Å²) in [5, 5.41) is 4.30. The molecule has 1 aromatic heterocycles. The van der Waals surface area contributed by atoms with Gasteiger partial charge in [0.05, 0.1) is 23.4 Å². The van der Waals surface area contributed by atoms with E-state index in [2.05, 4.69) is 17.2 Å². The van der Waals surface area contributed by atoms with Gasteiger partial charge < -0.3 is 10.1 Å². The van der Waals surface area contributed by atoms with Crippen molar-refractivity contribution in [2.24, 2.45) is 0 Å². The van der Waals surface area contributed by atoms with Gasteiger partial charge in [-0.2, -0.15) is 0 Å². The van der Waals surface area contributed by atoms with Crippen molar-refractivity contribution in [3.05, 3.63) is 23.2 Å². The van der Waals surface area contributed by atoms with Crippen molar-refractivity contribution in [2.45, 2.75) is 13.0 Å². The summed E-state index contributed by atoms with van der Waals surface area (Å²) in [5.41, 5.74) is 1.04. The zero-order valence-electron chi connectivity index (χ0n) is 9.07. The highest BCUT2D eigenvalue weighted by atomic mass is 32.1. The van der Waals surface area contributed by atoms with E-state index in [0.29, 0.717) is 6.04 Å². The second-order valence-electron chi connectivity index (χ2n) is 3.40. The summed E-state index contributed by atoms with van der Waals surface area (Å²) >= 11 is 1.71. The first-order chi connectivity index (χ1) is 7.24. The Balaban J connectivity index is 2.46. The number of methoxy groups -OCH3 is 1. The second-order valence-corrected chi connectivity index (χ2v) is 4.46. The number of nitrogens with zero attached hydrogens (tertiary/aromatic N) is 1. The minimum atomic E-state index is 0.299. The molecule has 0 amide bonds. The average Bonchev–Trinajstić information content (AvgIpc) is 2.70. The normalized spacial score (nSPS) is 13.0. The molecule has 1 aromatic carbocycles. The van der Waals surface area contributed by atoms with Crippen molar-refractivity contribution >= 4 is 21.6 Å². The Labute approximate surface area is 93.1 Å². The van der Waals surface area contributed by atoms with Crippen LogP contribution in [0.4, 0.5) is 0 Å². The van der Waals surface area contributed by atoms with Crippen LogP contribution >= 0.6 is 11.3 Å². The number of rotatable bonds is 3. The van der Waals surface area contributed by atoms with Crippen LogP contribution in [-0.2, 0) is 0 Å². The predicted octanol–water partition coefficient (Wildman–Crippen LogP) is 2.59. The fraction of sp³-hybridized carbons (Fsp3) is 0.364. The third-order valence-corrected chi connectivity index (χ3v) is 3.62. The topological polar surface area (TPSA) is 34.2 Å². The maximum absolute atomic E-state index is 5.18. The number of hydrogen-bond donors (Lipinski definition) is 1. The van der Waals surface area contributed by atoms with E-state index < -0.39 is 0 Å². The molecule has 0 aliphatic heterocycles. The fourth-order valence-electron chi connectivity index (χ4n) is 1.36. The number of hydrogen-bond acceptors (Lipinski definition) is 4. The number of nitrogens with one attached hydrogen (secondary N) is 1. The Morgan fingerprint density at radius 2 is 2.27 bits per heavy atom. The molecule has 1 heterocycles. The smallest absolute Gasteiger partial charge is 0.120 e. The third-order valence-electron chi connectivity index (χ3n) is 2.42. The molecule has 0 fully saturated rings. The van der Waals surface area contributed by atoms with Gasteiger partial charge in [-0.15, -0.1) is 11.3 Å². The molecule has 0 saturated heterocycles. The number of fused-ring (bicyclic) bond motifs is 1. The maximum Gasteiger partial charge on any atom is 0.120 e. The summed E-state index contributed by atoms with van der Waals surface area (Å²) < 4.78 is 6.35. The number of benzene rings is 1. The number of thiazole rings is 1. The monoisotopic (exact) mass is 222 g/mol. The summed E-state index contributed by atoms with van der Waals surface area (Å²) in [4.78, 5) is 4.56. The van der Waals surface area contributed by atoms with Crippen molar-refractivity contribution in [1.82, 2.24) is 10.3 Å². The van der Waals surface area contributed by atoms with E-state index in [4.69, 9.17) is 4.74 Å². The third kappa shape index (κ3) is 1.96. The molecule has 80 valence electrons. The van der Waals surface area contributed by atoms with Crippen LogP contribution in [0.5, 0.6) is 5.75 Å². The van der Waals surface area contributed by atoms with Crippen molar-refractivity contribution in [3.8, 4) is 5.75 Å². The van der Waals surface area contributed by atoms with Crippen LogP contribution in [0, 0.1) is 0 Å². The zero-order valence-corrected chi connectivity index (χ0v) is 9.89. The Morgan fingerprint density at radius 1 is 1.47 bits per heavy atom. The molecule has 0 spiro atoms. The van der Waals surface area contributed by atoms with Gasteiger partial charge in [0.15, 0.2) is 0 Å². The highest BCUT2D eigenvalue weighted by Gasteiger charge is 2.09. The molecule has 0 radical (unpaired) electrons. The zero-order chi connectivity index (χ0) is 10.8. The number of ether oxygens (including phenoxy) is 1. The molecule has 15 heavy (non-hydrogen) atoms. The molecule has 2 aromatic rings. The number of aromatic nitrogens is 1. The fourth-order valence-corrected chi connectivity index (χ4v) is 2.42. The lowest BCUT2D eigenvalue weighted by Crippen LogP contribution is -2.11. The Kier molecular flexibility index (Phi) is 2.88. The summed E-state index contributed by atoms with van der Waals surface area (Å²) in [6, 6.07) is 6.26. The first kappa shape index (κ1) is 10.4. The lowest BCUT2D eigenvalue weighted by molar-refractivity contribution is 0.415. The molecule has 3 nitrogen and oxygen atoms in total. The van der Waals surface area contributed by atoms with Crippen molar-refractivity contribution in [1.29, 1.82) is 0 Å². The molecule has 0 bridgehead atoms. The quantitative estimate of drug-likeness (QED) is 0.866. The van der Waals surface area contributed by atoms with E-state index in [-0.39, 0.29) is 0 Å². The molecular formula is C11H14N2OS. The van der Waals surface area contributed by atoms with E-state index in [0.717, 1.165) is 16.3 Å². The van der Waals surface area contributed by atoms with Crippen LogP contribution in [-0.4, -0.2) is 19.1 Å². The molecule has 0 saturated carbocycles. The van der Waals surface area contributed by atoms with Crippen LogP contribution in [0.2, 0.25) is 0 Å². The Hall–Kier alpha value is -1.13. The molecule has 1 unspecified atom stereocenters. The van der Waals surface area contributed by atoms with Crippen molar-refractivity contribution in [2.75, 3.05) is 14.2 Å². The molecule has 1 atom stereocenters. The van der Waals surface area contributed by atoms with Crippen LogP contribution in [0.1, 0.15) is 18.0 Å². The van der Waals surface area contributed by atoms with E-state index in [1.165, 1.54) is 4.70 Å². The van der Waals surface area contributed by atoms with Crippen molar-refractivity contribution in [3.63, 3.8) is 0 Å². The first-order valence-electron chi connectivity index (χ1n) is 4.86. The Bertz CT molecular complexity index is 467. The van der Waals surface area contributed by atoms with Gasteiger partial charge in [-0.3, -0.25) is 0 Å². The Morgan fingerprint density at radius 3 is 2.93 bits per heavy atom. The van der Waals surface area contributed by atoms with Gasteiger partial charge in [-0.1, -0.05) is 0 Å². The largest absolute Gasteiger partial charge is 0.497 e. The molecular weight excluding hydrogens is 208 g/mol. The van der Waals surface area contributed by atoms with Crippen LogP contribution < -0.4 is 10.1 Å². The summed E-state index contributed by atoms with van der Waals surface area (Å²) in [5.74, 6) is 0.884. The predicted molar refractivity (Wildman–Crippen MR) is 63.6 cm³/mol. The summed E-state index contributed by atoms with van der Waals surface area (Å²) in [7, 11) is 3.62. The highest BCUT2D eigenvalue weighted by molar-refractivity contribution is 7.18. The van der Waals surface area contributed by atoms with E-state index >= 15 is 0 Å². The highest BCUT2D eigenvalue weighted by Crippen LogP contribution is 2.28. The lowest BCUT2D eigenvalue weighted by atomic mass is 10.3. The van der Waals surface area contributed by atoms with Gasteiger partial charge in [0.2, 0.25) is 0 Å². The lowest BCUT2D eigenvalue weighted by Gasteiger charge is -2.03. The van der Waals surface area contributed by atoms with Crippen LogP contribution in [0.25, 0.3) is 10.2 Å². The molecule has 1 N–H and O–H groups in total. The average molecular weight is 222 g/mol. The summed E-state index contributed by atoms with van der Waals surface area (Å²) in [6.07, 6.45) is 0. The standard InChI is InChI=1S/C11H14N2OS/c1-7(12-2)11-13-9-5-4-8(14-3)6-10(9)15-11/h4-7,12H,1-3H3. The molecule has 4 heteroatoms. The minimum absolute atomic E-state index is 0.299. The van der Waals surface area contributed by atoms with Gasteiger partial charge in [0.1, 0.15) is 10.8 Å². The van der Waals surface area contributed by atoms with Gasteiger partial charge >= 0.3 is 0 Å². The minimum Gasteiger partial charge on any atom is -0.497 e. The van der Waals surface area contributed by atoms with Gasteiger partial charge in [-0.05, 0) is 32.2 Å². The molecule has 0 aliphatic rings. The summed E-state index contributed by atoms with van der Waals surface area (Å²) in [6.45, 7) is 2.11. The SMILES string of the molecule is CNC(C)c1nc2ccc(OC)cc2s1. The van der Waals surface area contributed by atoms with Crippen LogP contribution in [0.3, 0.4) is 0 Å². The molecule has 0 aliphatic carbocycles. The van der Waals surface area contributed by atoms with E-state index in [1.54, 1.807) is 18.4 Å². The van der Waals surface area contributed by atoms with Crippen LogP contribution in [0.15, 0.2) is 18.2 Å². The first-order valence-corrected chi connectivity index (χ1v) is 5.68. The maximum atomic E-state index is 5.18. The molecule has 2 rings (SSSR count). The second kappa shape index (κ2) is 4.16. The van der Waals surface area contributed by atoms with Gasteiger partial charge in [0, 0.05) is 0 Å². The van der Waals surface area contributed by atoms with Gasteiger partial charge in [-0.25, -0.2) is 4.98 Å². The van der Waals surface area contributed by atoms with E-state index in [9.17, 15) is 0 Å².